The van der Waals surface area contributed by atoms with E-state index in [0.29, 0.717) is 19.6 Å². The molecule has 1 aliphatic carbocycles. The standard InChI is InChI=1S/C24H28N2O4S/c1-3-26(4-2)31(28,29)21-10-8-17(9-11-21)15-25-24(27)14-20-16-30-23-13-19-7-5-6-18(19)12-22(20)23/h8-13,16H,3-7,14-15H2,1-2H3,(H,25,27). The van der Waals surface area contributed by atoms with E-state index in [-0.39, 0.29) is 17.2 Å². The van der Waals surface area contributed by atoms with Gasteiger partial charge in [-0.1, -0.05) is 26.0 Å². The van der Waals surface area contributed by atoms with Crippen LogP contribution in [0, 0.1) is 0 Å². The van der Waals surface area contributed by atoms with Gasteiger partial charge in [-0.15, -0.1) is 0 Å². The summed E-state index contributed by atoms with van der Waals surface area (Å²) in [4.78, 5) is 12.8. The lowest BCUT2D eigenvalue weighted by atomic mass is 10.0. The number of nitrogens with one attached hydrogen (secondary N) is 1. The second kappa shape index (κ2) is 8.85. The van der Waals surface area contributed by atoms with Crippen LogP contribution in [-0.2, 0) is 40.6 Å². The Morgan fingerprint density at radius 1 is 1.06 bits per heavy atom. The van der Waals surface area contributed by atoms with E-state index in [4.69, 9.17) is 4.42 Å². The summed E-state index contributed by atoms with van der Waals surface area (Å²) in [6, 6.07) is 10.9. The molecule has 1 N–H and O–H groups in total. The van der Waals surface area contributed by atoms with Crippen molar-refractivity contribution < 1.29 is 17.6 Å². The molecule has 0 spiro atoms. The number of sulfonamides is 1. The average Bonchev–Trinajstić information content (AvgIpc) is 3.38. The zero-order valence-electron chi connectivity index (χ0n) is 18.0. The number of carbonyl (C=O) groups is 1. The summed E-state index contributed by atoms with van der Waals surface area (Å²) >= 11 is 0. The number of benzene rings is 2. The van der Waals surface area contributed by atoms with Crippen molar-refractivity contribution in [3.8, 4) is 0 Å². The molecule has 0 radical (unpaired) electrons. The van der Waals surface area contributed by atoms with Crippen molar-refractivity contribution in [2.45, 2.75) is 51.0 Å². The number of rotatable bonds is 8. The van der Waals surface area contributed by atoms with Crippen LogP contribution >= 0.6 is 0 Å². The van der Waals surface area contributed by atoms with Crippen LogP contribution in [-0.4, -0.2) is 31.7 Å². The molecule has 2 aromatic carbocycles. The predicted octanol–water partition coefficient (Wildman–Crippen LogP) is 3.81. The van der Waals surface area contributed by atoms with E-state index >= 15 is 0 Å². The van der Waals surface area contributed by atoms with Crippen LogP contribution in [0.15, 0.2) is 52.0 Å². The van der Waals surface area contributed by atoms with Crippen LogP contribution in [0.5, 0.6) is 0 Å². The van der Waals surface area contributed by atoms with Crippen LogP contribution in [0.25, 0.3) is 11.0 Å². The third-order valence-electron chi connectivity index (χ3n) is 5.98. The van der Waals surface area contributed by atoms with Crippen molar-refractivity contribution in [3.05, 3.63) is 64.9 Å². The van der Waals surface area contributed by atoms with Crippen LogP contribution in [0.4, 0.5) is 0 Å². The van der Waals surface area contributed by atoms with Gasteiger partial charge in [0.2, 0.25) is 15.9 Å². The maximum atomic E-state index is 12.6. The minimum Gasteiger partial charge on any atom is -0.464 e. The van der Waals surface area contributed by atoms with Crippen molar-refractivity contribution in [2.75, 3.05) is 13.1 Å². The summed E-state index contributed by atoms with van der Waals surface area (Å²) in [6.45, 7) is 4.85. The molecule has 31 heavy (non-hydrogen) atoms. The highest BCUT2D eigenvalue weighted by Crippen LogP contribution is 2.30. The molecule has 0 bridgehead atoms. The van der Waals surface area contributed by atoms with Crippen LogP contribution in [0.1, 0.15) is 42.5 Å². The second-order valence-electron chi connectivity index (χ2n) is 7.92. The third kappa shape index (κ3) is 4.38. The summed E-state index contributed by atoms with van der Waals surface area (Å²) in [5.41, 5.74) is 5.29. The van der Waals surface area contributed by atoms with Gasteiger partial charge in [0.15, 0.2) is 0 Å². The van der Waals surface area contributed by atoms with E-state index in [0.717, 1.165) is 34.9 Å². The predicted molar refractivity (Wildman–Crippen MR) is 120 cm³/mol. The summed E-state index contributed by atoms with van der Waals surface area (Å²) in [5, 5.41) is 3.93. The maximum Gasteiger partial charge on any atom is 0.243 e. The lowest BCUT2D eigenvalue weighted by Gasteiger charge is -2.18. The van der Waals surface area contributed by atoms with Crippen LogP contribution in [0.3, 0.4) is 0 Å². The summed E-state index contributed by atoms with van der Waals surface area (Å²) in [5.74, 6) is -0.0944. The molecule has 0 saturated carbocycles. The molecule has 164 valence electrons. The maximum absolute atomic E-state index is 12.6. The van der Waals surface area contributed by atoms with Gasteiger partial charge in [0.05, 0.1) is 17.6 Å². The van der Waals surface area contributed by atoms with Gasteiger partial charge in [0.1, 0.15) is 5.58 Å². The Morgan fingerprint density at radius 2 is 1.74 bits per heavy atom. The molecule has 7 heteroatoms. The highest BCUT2D eigenvalue weighted by atomic mass is 32.2. The highest BCUT2D eigenvalue weighted by Gasteiger charge is 2.21. The van der Waals surface area contributed by atoms with Gasteiger partial charge >= 0.3 is 0 Å². The van der Waals surface area contributed by atoms with Gasteiger partial charge in [-0.25, -0.2) is 8.42 Å². The summed E-state index contributed by atoms with van der Waals surface area (Å²) in [6.07, 6.45) is 5.28. The van der Waals surface area contributed by atoms with Crippen molar-refractivity contribution >= 4 is 26.9 Å². The quantitative estimate of drug-likeness (QED) is 0.578. The van der Waals surface area contributed by atoms with Gasteiger partial charge in [0.25, 0.3) is 0 Å². The lowest BCUT2D eigenvalue weighted by molar-refractivity contribution is -0.120. The normalized spacial score (nSPS) is 13.6. The molecule has 1 aliphatic rings. The van der Waals surface area contributed by atoms with E-state index in [2.05, 4.69) is 17.4 Å². The van der Waals surface area contributed by atoms with Crippen molar-refractivity contribution in [3.63, 3.8) is 0 Å². The van der Waals surface area contributed by atoms with E-state index in [9.17, 15) is 13.2 Å². The molecule has 0 unspecified atom stereocenters. The smallest absolute Gasteiger partial charge is 0.243 e. The molecule has 4 rings (SSSR count). The van der Waals surface area contributed by atoms with Crippen LogP contribution in [0.2, 0.25) is 0 Å². The molecule has 0 saturated heterocycles. The van der Waals surface area contributed by atoms with Crippen molar-refractivity contribution in [1.29, 1.82) is 0 Å². The fourth-order valence-corrected chi connectivity index (χ4v) is 5.67. The largest absolute Gasteiger partial charge is 0.464 e. The Morgan fingerprint density at radius 3 is 2.42 bits per heavy atom. The number of hydrogen-bond acceptors (Lipinski definition) is 4. The fourth-order valence-electron chi connectivity index (χ4n) is 4.21. The minimum absolute atomic E-state index is 0.0944. The van der Waals surface area contributed by atoms with E-state index in [1.165, 1.54) is 21.9 Å². The highest BCUT2D eigenvalue weighted by molar-refractivity contribution is 7.89. The Balaban J connectivity index is 1.39. The first kappa shape index (κ1) is 21.6. The van der Waals surface area contributed by atoms with Crippen molar-refractivity contribution in [1.82, 2.24) is 9.62 Å². The molecule has 1 amide bonds. The molecule has 6 nitrogen and oxygen atoms in total. The Kier molecular flexibility index (Phi) is 6.16. The van der Waals surface area contributed by atoms with Gasteiger partial charge in [-0.05, 0) is 60.2 Å². The van der Waals surface area contributed by atoms with Crippen LogP contribution < -0.4 is 5.32 Å². The number of hydrogen-bond donors (Lipinski definition) is 1. The SMILES string of the molecule is CCN(CC)S(=O)(=O)c1ccc(CNC(=O)Cc2coc3cc4c(cc23)CCC4)cc1. The zero-order valence-corrected chi connectivity index (χ0v) is 18.8. The van der Waals surface area contributed by atoms with Gasteiger partial charge < -0.3 is 9.73 Å². The van der Waals surface area contributed by atoms with Crippen molar-refractivity contribution in [2.24, 2.45) is 0 Å². The molecule has 0 fully saturated rings. The molecular formula is C24H28N2O4S. The number of amides is 1. The zero-order chi connectivity index (χ0) is 22.0. The van der Waals surface area contributed by atoms with E-state index in [1.807, 2.05) is 13.8 Å². The van der Waals surface area contributed by atoms with E-state index in [1.54, 1.807) is 30.5 Å². The van der Waals surface area contributed by atoms with Gasteiger partial charge in [0, 0.05) is 30.6 Å². The molecule has 1 aromatic heterocycles. The molecule has 0 aliphatic heterocycles. The third-order valence-corrected chi connectivity index (χ3v) is 8.04. The Hall–Kier alpha value is -2.64. The number of carbonyl (C=O) groups excluding carboxylic acids is 1. The average molecular weight is 441 g/mol. The fraction of sp³-hybridized carbons (Fsp3) is 0.375. The number of furan rings is 1. The molecular weight excluding hydrogens is 412 g/mol. The lowest BCUT2D eigenvalue weighted by Crippen LogP contribution is -2.30. The second-order valence-corrected chi connectivity index (χ2v) is 9.86. The van der Waals surface area contributed by atoms with Gasteiger partial charge in [-0.3, -0.25) is 4.79 Å². The topological polar surface area (TPSA) is 79.6 Å². The molecule has 0 atom stereocenters. The number of nitrogens with zero attached hydrogens (tertiary/aromatic N) is 1. The first-order valence-electron chi connectivity index (χ1n) is 10.8. The molecule has 3 aromatic rings. The Labute approximate surface area is 183 Å². The monoisotopic (exact) mass is 440 g/mol. The number of fused-ring (bicyclic) bond motifs is 2. The first-order valence-corrected chi connectivity index (χ1v) is 12.2. The molecule has 1 heterocycles. The minimum atomic E-state index is -3.47. The summed E-state index contributed by atoms with van der Waals surface area (Å²) < 4.78 is 32.3. The Bertz CT molecular complexity index is 1190. The first-order chi connectivity index (χ1) is 14.9. The van der Waals surface area contributed by atoms with E-state index < -0.39 is 10.0 Å². The summed E-state index contributed by atoms with van der Waals surface area (Å²) in [7, 11) is -3.47. The van der Waals surface area contributed by atoms with Gasteiger partial charge in [-0.2, -0.15) is 4.31 Å². The number of aryl methyl sites for hydroxylation is 2.